The second kappa shape index (κ2) is 3.24. The van der Waals surface area contributed by atoms with Crippen molar-refractivity contribution in [3.05, 3.63) is 47.5 Å². The molecule has 0 amide bonds. The number of halogens is 1. The summed E-state index contributed by atoms with van der Waals surface area (Å²) in [7, 11) is 0. The van der Waals surface area contributed by atoms with Crippen molar-refractivity contribution >= 4 is 5.70 Å². The maximum Gasteiger partial charge on any atom is 0.126 e. The van der Waals surface area contributed by atoms with Crippen LogP contribution in [0.5, 0.6) is 0 Å². The minimum absolute atomic E-state index is 0.259. The highest BCUT2D eigenvalue weighted by atomic mass is 19.1. The average molecular weight is 163 g/mol. The van der Waals surface area contributed by atoms with Crippen molar-refractivity contribution in [1.82, 2.24) is 0 Å². The summed E-state index contributed by atoms with van der Waals surface area (Å²) < 4.78 is 13.0. The molecule has 2 N–H and O–H groups in total. The van der Waals surface area contributed by atoms with Crippen LogP contribution in [0.2, 0.25) is 0 Å². The van der Waals surface area contributed by atoms with Gasteiger partial charge in [0.05, 0.1) is 5.70 Å². The van der Waals surface area contributed by atoms with Crippen molar-refractivity contribution in [2.24, 2.45) is 5.73 Å². The first-order valence-electron chi connectivity index (χ1n) is 3.57. The molecule has 0 aliphatic carbocycles. The summed E-state index contributed by atoms with van der Waals surface area (Å²) in [6.45, 7) is 5.08. The molecule has 0 saturated heterocycles. The fourth-order valence-corrected chi connectivity index (χ4v) is 0.862. The fourth-order valence-electron chi connectivity index (χ4n) is 0.862. The topological polar surface area (TPSA) is 26.0 Å². The first kappa shape index (κ1) is 8.57. The minimum atomic E-state index is -0.259. The van der Waals surface area contributed by atoms with Crippen LogP contribution in [0.15, 0.2) is 30.5 Å². The standard InChI is InChI=1S/C10H10FN/c1-3-10(12)8-5-4-7(2)9(11)6-8/h4-6H,1,12H2,2H3. The molecule has 1 rings (SSSR count). The molecule has 0 radical (unpaired) electrons. The number of nitrogens with two attached hydrogens (primary N) is 1. The number of benzene rings is 1. The van der Waals surface area contributed by atoms with Gasteiger partial charge in [-0.3, -0.25) is 0 Å². The van der Waals surface area contributed by atoms with E-state index in [2.05, 4.69) is 12.3 Å². The molecule has 12 heavy (non-hydrogen) atoms. The van der Waals surface area contributed by atoms with Crippen molar-refractivity contribution < 1.29 is 4.39 Å². The first-order valence-corrected chi connectivity index (χ1v) is 3.57. The lowest BCUT2D eigenvalue weighted by Crippen LogP contribution is -1.95. The van der Waals surface area contributed by atoms with Gasteiger partial charge in [-0.2, -0.15) is 0 Å². The third kappa shape index (κ3) is 1.55. The van der Waals surface area contributed by atoms with E-state index in [-0.39, 0.29) is 5.82 Å². The molecule has 0 atom stereocenters. The van der Waals surface area contributed by atoms with Crippen molar-refractivity contribution in [2.75, 3.05) is 0 Å². The molecule has 0 unspecified atom stereocenters. The molecule has 1 aromatic carbocycles. The zero-order valence-electron chi connectivity index (χ0n) is 6.89. The molecule has 1 aromatic rings. The molecular formula is C10H10FN. The van der Waals surface area contributed by atoms with Crippen LogP contribution in [-0.4, -0.2) is 0 Å². The molecule has 0 fully saturated rings. The monoisotopic (exact) mass is 163 g/mol. The lowest BCUT2D eigenvalue weighted by atomic mass is 10.1. The quantitative estimate of drug-likeness (QED) is 0.631. The second-order valence-electron chi connectivity index (χ2n) is 2.55. The maximum absolute atomic E-state index is 13.0. The van der Waals surface area contributed by atoms with Crippen LogP contribution in [0.1, 0.15) is 11.1 Å². The van der Waals surface area contributed by atoms with Gasteiger partial charge in [0.25, 0.3) is 0 Å². The highest BCUT2D eigenvalue weighted by Gasteiger charge is 2.00. The van der Waals surface area contributed by atoms with Gasteiger partial charge in [-0.05, 0) is 18.6 Å². The van der Waals surface area contributed by atoms with Crippen molar-refractivity contribution in [1.29, 1.82) is 0 Å². The molecule has 0 aromatic heterocycles. The van der Waals surface area contributed by atoms with Crippen molar-refractivity contribution in [2.45, 2.75) is 6.92 Å². The summed E-state index contributed by atoms with van der Waals surface area (Å²) in [5, 5.41) is 0. The molecule has 0 bridgehead atoms. The van der Waals surface area contributed by atoms with Crippen LogP contribution in [0.25, 0.3) is 5.70 Å². The zero-order chi connectivity index (χ0) is 9.14. The summed E-state index contributed by atoms with van der Waals surface area (Å²) in [5.41, 5.74) is 9.59. The Bertz CT molecular complexity index is 349. The summed E-state index contributed by atoms with van der Waals surface area (Å²) >= 11 is 0. The van der Waals surface area contributed by atoms with Gasteiger partial charge in [0.2, 0.25) is 0 Å². The van der Waals surface area contributed by atoms with Gasteiger partial charge in [0.1, 0.15) is 5.82 Å². The SMILES string of the molecule is C=C=C(N)c1ccc(C)c(F)c1. The number of hydrogen-bond acceptors (Lipinski definition) is 1. The van der Waals surface area contributed by atoms with E-state index in [1.807, 2.05) is 0 Å². The van der Waals surface area contributed by atoms with E-state index < -0.39 is 0 Å². The molecule has 0 aliphatic rings. The van der Waals surface area contributed by atoms with Crippen LogP contribution < -0.4 is 5.73 Å². The Balaban J connectivity index is 3.22. The first-order chi connectivity index (χ1) is 5.65. The number of rotatable bonds is 1. The summed E-state index contributed by atoms with van der Waals surface area (Å²) in [6.07, 6.45) is 0. The Morgan fingerprint density at radius 3 is 2.75 bits per heavy atom. The van der Waals surface area contributed by atoms with Crippen LogP contribution >= 0.6 is 0 Å². The highest BCUT2D eigenvalue weighted by Crippen LogP contribution is 2.12. The second-order valence-corrected chi connectivity index (χ2v) is 2.55. The van der Waals surface area contributed by atoms with Gasteiger partial charge in [0.15, 0.2) is 0 Å². The van der Waals surface area contributed by atoms with E-state index in [4.69, 9.17) is 5.73 Å². The Morgan fingerprint density at radius 1 is 1.58 bits per heavy atom. The van der Waals surface area contributed by atoms with E-state index in [0.29, 0.717) is 16.8 Å². The number of hydrogen-bond donors (Lipinski definition) is 1. The Labute approximate surface area is 71.0 Å². The van der Waals surface area contributed by atoms with Gasteiger partial charge in [-0.1, -0.05) is 18.7 Å². The average Bonchev–Trinajstić information content (AvgIpc) is 2.08. The van der Waals surface area contributed by atoms with Gasteiger partial charge < -0.3 is 5.73 Å². The van der Waals surface area contributed by atoms with Crippen molar-refractivity contribution in [3.8, 4) is 0 Å². The molecular weight excluding hydrogens is 153 g/mol. The lowest BCUT2D eigenvalue weighted by Gasteiger charge is -2.00. The van der Waals surface area contributed by atoms with E-state index in [0.717, 1.165) is 0 Å². The van der Waals surface area contributed by atoms with Gasteiger partial charge in [0, 0.05) is 5.56 Å². The normalized spacial score (nSPS) is 9.17. The molecule has 62 valence electrons. The van der Waals surface area contributed by atoms with Crippen LogP contribution in [0.3, 0.4) is 0 Å². The maximum atomic E-state index is 13.0. The zero-order valence-corrected chi connectivity index (χ0v) is 6.89. The Kier molecular flexibility index (Phi) is 2.32. The minimum Gasteiger partial charge on any atom is -0.392 e. The third-order valence-corrected chi connectivity index (χ3v) is 1.67. The molecule has 0 aliphatic heterocycles. The van der Waals surface area contributed by atoms with Crippen molar-refractivity contribution in [3.63, 3.8) is 0 Å². The summed E-state index contributed by atoms with van der Waals surface area (Å²) in [4.78, 5) is 0. The van der Waals surface area contributed by atoms with Gasteiger partial charge in [-0.15, -0.1) is 5.73 Å². The van der Waals surface area contributed by atoms with Crippen LogP contribution in [0, 0.1) is 12.7 Å². The predicted octanol–water partition coefficient (Wildman–Crippen LogP) is 2.22. The van der Waals surface area contributed by atoms with Crippen LogP contribution in [-0.2, 0) is 0 Å². The van der Waals surface area contributed by atoms with E-state index >= 15 is 0 Å². The Morgan fingerprint density at radius 2 is 2.25 bits per heavy atom. The molecule has 0 saturated carbocycles. The number of aryl methyl sites for hydroxylation is 1. The molecule has 0 heterocycles. The highest BCUT2D eigenvalue weighted by molar-refractivity contribution is 5.61. The molecule has 1 nitrogen and oxygen atoms in total. The fraction of sp³-hybridized carbons (Fsp3) is 0.100. The summed E-state index contributed by atoms with van der Waals surface area (Å²) in [6, 6.07) is 4.80. The molecule has 0 spiro atoms. The third-order valence-electron chi connectivity index (χ3n) is 1.67. The van der Waals surface area contributed by atoms with Crippen LogP contribution in [0.4, 0.5) is 4.39 Å². The predicted molar refractivity (Wildman–Crippen MR) is 47.9 cm³/mol. The molecule has 2 heteroatoms. The smallest absolute Gasteiger partial charge is 0.126 e. The Hall–Kier alpha value is -1.53. The largest absolute Gasteiger partial charge is 0.392 e. The van der Waals surface area contributed by atoms with E-state index in [1.165, 1.54) is 6.07 Å². The van der Waals surface area contributed by atoms with Gasteiger partial charge >= 0.3 is 0 Å². The lowest BCUT2D eigenvalue weighted by molar-refractivity contribution is 0.618. The van der Waals surface area contributed by atoms with E-state index in [9.17, 15) is 4.39 Å². The van der Waals surface area contributed by atoms with Gasteiger partial charge in [-0.25, -0.2) is 4.39 Å². The van der Waals surface area contributed by atoms with E-state index in [1.54, 1.807) is 19.1 Å². The summed E-state index contributed by atoms with van der Waals surface area (Å²) in [5.74, 6) is -0.259.